The van der Waals surface area contributed by atoms with Gasteiger partial charge in [0.25, 0.3) is 0 Å². The van der Waals surface area contributed by atoms with Crippen molar-refractivity contribution in [2.75, 3.05) is 19.4 Å². The Balaban J connectivity index is 2.73. The van der Waals surface area contributed by atoms with E-state index in [-0.39, 0.29) is 11.9 Å². The van der Waals surface area contributed by atoms with E-state index in [1.54, 1.807) is 19.9 Å². The first-order chi connectivity index (χ1) is 7.99. The monoisotopic (exact) mass is 260 g/mol. The molecule has 0 aromatic heterocycles. The fourth-order valence-corrected chi connectivity index (χ4v) is 3.85. The predicted molar refractivity (Wildman–Crippen MR) is 67.2 cm³/mol. The van der Waals surface area contributed by atoms with E-state index in [0.29, 0.717) is 25.6 Å². The summed E-state index contributed by atoms with van der Waals surface area (Å²) in [7, 11) is -3.06. The Morgan fingerprint density at radius 1 is 1.29 bits per heavy atom. The zero-order valence-electron chi connectivity index (χ0n) is 10.8. The molecule has 1 aliphatic carbocycles. The smallest absolute Gasteiger partial charge is 0.309 e. The van der Waals surface area contributed by atoms with Gasteiger partial charge in [-0.05, 0) is 32.3 Å². The summed E-state index contributed by atoms with van der Waals surface area (Å²) in [6.45, 7) is 6.31. The van der Waals surface area contributed by atoms with Crippen molar-refractivity contribution in [1.29, 1.82) is 0 Å². The van der Waals surface area contributed by atoms with Crippen LogP contribution in [0.2, 0.25) is 0 Å². The Morgan fingerprint density at radius 3 is 2.35 bits per heavy atom. The Kier molecular flexibility index (Phi) is 5.57. The van der Waals surface area contributed by atoms with Crippen LogP contribution in [0.25, 0.3) is 0 Å². The molecule has 0 heterocycles. The van der Waals surface area contributed by atoms with E-state index in [2.05, 4.69) is 0 Å². The summed E-state index contributed by atoms with van der Waals surface area (Å²) >= 11 is 0. The average molecular weight is 260 g/mol. The quantitative estimate of drug-likeness (QED) is 0.688. The Labute approximate surface area is 103 Å². The average Bonchev–Trinajstić information content (AvgIpc) is 2.15. The molecular weight excluding hydrogens is 239 g/mol. The highest BCUT2D eigenvalue weighted by atomic mass is 31.2. The second kappa shape index (κ2) is 6.48. The zero-order valence-corrected chi connectivity index (χ0v) is 11.7. The molecule has 0 fully saturated rings. The molecule has 0 aromatic rings. The van der Waals surface area contributed by atoms with E-state index >= 15 is 0 Å². The molecule has 0 aromatic carbocycles. The van der Waals surface area contributed by atoms with Gasteiger partial charge in [-0.25, -0.2) is 0 Å². The third-order valence-corrected chi connectivity index (χ3v) is 4.67. The highest BCUT2D eigenvalue weighted by Crippen LogP contribution is 2.50. The van der Waals surface area contributed by atoms with Crippen molar-refractivity contribution in [1.82, 2.24) is 0 Å². The standard InChI is InChI=1S/C12H21O4P/c1-4-15-17(14,16-5-2)9-11-6-10(3)7-12(13)8-11/h8,10H,4-7,9H2,1-3H3. The van der Waals surface area contributed by atoms with E-state index in [4.69, 9.17) is 9.05 Å². The van der Waals surface area contributed by atoms with Crippen LogP contribution in [0.1, 0.15) is 33.6 Å². The molecular formula is C12H21O4P. The highest BCUT2D eigenvalue weighted by Gasteiger charge is 2.28. The minimum Gasteiger partial charge on any atom is -0.309 e. The summed E-state index contributed by atoms with van der Waals surface area (Å²) < 4.78 is 22.7. The molecule has 1 unspecified atom stereocenters. The van der Waals surface area contributed by atoms with Gasteiger partial charge in [-0.15, -0.1) is 0 Å². The van der Waals surface area contributed by atoms with Crippen molar-refractivity contribution >= 4 is 13.4 Å². The van der Waals surface area contributed by atoms with Crippen LogP contribution in [-0.2, 0) is 18.4 Å². The molecule has 0 bridgehead atoms. The maximum Gasteiger partial charge on any atom is 0.334 e. The minimum absolute atomic E-state index is 0.110. The summed E-state index contributed by atoms with van der Waals surface area (Å²) in [4.78, 5) is 11.4. The highest BCUT2D eigenvalue weighted by molar-refractivity contribution is 7.54. The first-order valence-corrected chi connectivity index (χ1v) is 7.82. The minimum atomic E-state index is -3.06. The van der Waals surface area contributed by atoms with Gasteiger partial charge in [0.2, 0.25) is 0 Å². The van der Waals surface area contributed by atoms with E-state index < -0.39 is 7.60 Å². The molecule has 0 aliphatic heterocycles. The number of hydrogen-bond acceptors (Lipinski definition) is 4. The molecule has 0 saturated heterocycles. The van der Waals surface area contributed by atoms with Crippen LogP contribution in [0, 0.1) is 5.92 Å². The van der Waals surface area contributed by atoms with Crippen molar-refractivity contribution in [2.24, 2.45) is 5.92 Å². The second-order valence-corrected chi connectivity index (χ2v) is 6.44. The maximum absolute atomic E-state index is 12.3. The normalized spacial score (nSPS) is 21.5. The summed E-state index contributed by atoms with van der Waals surface area (Å²) in [5.41, 5.74) is 0.888. The maximum atomic E-state index is 12.3. The lowest BCUT2D eigenvalue weighted by atomic mass is 9.90. The summed E-state index contributed by atoms with van der Waals surface area (Å²) in [5.74, 6) is 0.428. The topological polar surface area (TPSA) is 52.6 Å². The van der Waals surface area contributed by atoms with E-state index in [1.807, 2.05) is 6.92 Å². The first kappa shape index (κ1) is 14.6. The Hall–Kier alpha value is -0.440. The lowest BCUT2D eigenvalue weighted by molar-refractivity contribution is -0.115. The molecule has 5 heteroatoms. The third-order valence-electron chi connectivity index (χ3n) is 2.57. The van der Waals surface area contributed by atoms with Gasteiger partial charge in [-0.1, -0.05) is 12.5 Å². The van der Waals surface area contributed by atoms with Crippen molar-refractivity contribution in [3.05, 3.63) is 11.6 Å². The molecule has 0 radical (unpaired) electrons. The van der Waals surface area contributed by atoms with Gasteiger partial charge in [0.1, 0.15) is 0 Å². The van der Waals surface area contributed by atoms with Gasteiger partial charge in [0, 0.05) is 6.42 Å². The second-order valence-electron chi connectivity index (χ2n) is 4.39. The number of allylic oxidation sites excluding steroid dienone is 2. The fourth-order valence-electron chi connectivity index (χ4n) is 2.09. The molecule has 4 nitrogen and oxygen atoms in total. The van der Waals surface area contributed by atoms with Gasteiger partial charge < -0.3 is 9.05 Å². The predicted octanol–water partition coefficient (Wildman–Crippen LogP) is 3.18. The number of ketones is 1. The Bertz CT molecular complexity index is 338. The summed E-state index contributed by atoms with van der Waals surface area (Å²) in [5, 5.41) is 0. The molecule has 17 heavy (non-hydrogen) atoms. The van der Waals surface area contributed by atoms with Crippen LogP contribution >= 0.6 is 7.60 Å². The first-order valence-electron chi connectivity index (χ1n) is 6.09. The fraction of sp³-hybridized carbons (Fsp3) is 0.750. The molecule has 0 saturated carbocycles. The molecule has 98 valence electrons. The van der Waals surface area contributed by atoms with E-state index in [0.717, 1.165) is 12.0 Å². The van der Waals surface area contributed by atoms with Crippen molar-refractivity contribution in [2.45, 2.75) is 33.6 Å². The number of rotatable bonds is 6. The zero-order chi connectivity index (χ0) is 12.9. The third kappa shape index (κ3) is 4.74. The van der Waals surface area contributed by atoms with Gasteiger partial charge >= 0.3 is 7.60 Å². The van der Waals surface area contributed by atoms with E-state index in [9.17, 15) is 9.36 Å². The number of carbonyl (C=O) groups excluding carboxylic acids is 1. The molecule has 0 N–H and O–H groups in total. The van der Waals surface area contributed by atoms with Gasteiger partial charge in [-0.2, -0.15) is 0 Å². The van der Waals surface area contributed by atoms with Crippen LogP contribution in [0.5, 0.6) is 0 Å². The lowest BCUT2D eigenvalue weighted by Crippen LogP contribution is -2.14. The molecule has 1 aliphatic rings. The summed E-state index contributed by atoms with van der Waals surface area (Å²) in [6, 6.07) is 0. The van der Waals surface area contributed by atoms with Crippen LogP contribution in [0.4, 0.5) is 0 Å². The Morgan fingerprint density at radius 2 is 1.88 bits per heavy atom. The van der Waals surface area contributed by atoms with Gasteiger partial charge in [0.15, 0.2) is 5.78 Å². The molecule has 0 spiro atoms. The van der Waals surface area contributed by atoms with Crippen molar-refractivity contribution < 1.29 is 18.4 Å². The van der Waals surface area contributed by atoms with Gasteiger partial charge in [0.05, 0.1) is 19.4 Å². The van der Waals surface area contributed by atoms with Crippen LogP contribution in [0.3, 0.4) is 0 Å². The van der Waals surface area contributed by atoms with Crippen molar-refractivity contribution in [3.63, 3.8) is 0 Å². The van der Waals surface area contributed by atoms with E-state index in [1.165, 1.54) is 0 Å². The van der Waals surface area contributed by atoms with Crippen LogP contribution in [-0.4, -0.2) is 25.2 Å². The van der Waals surface area contributed by atoms with Crippen molar-refractivity contribution in [3.8, 4) is 0 Å². The van der Waals surface area contributed by atoms with Gasteiger partial charge in [-0.3, -0.25) is 9.36 Å². The molecule has 1 rings (SSSR count). The number of carbonyl (C=O) groups is 1. The SMILES string of the molecule is CCOP(=O)(CC1=CC(=O)CC(C)C1)OCC. The number of hydrogen-bond donors (Lipinski definition) is 0. The lowest BCUT2D eigenvalue weighted by Gasteiger charge is -2.22. The molecule has 1 atom stereocenters. The van der Waals surface area contributed by atoms with Crippen LogP contribution < -0.4 is 0 Å². The molecule has 0 amide bonds. The largest absolute Gasteiger partial charge is 0.334 e. The summed E-state index contributed by atoms with van der Waals surface area (Å²) in [6.07, 6.45) is 3.22. The van der Waals surface area contributed by atoms with Crippen LogP contribution in [0.15, 0.2) is 11.6 Å².